The number of anilines is 2. The van der Waals surface area contributed by atoms with Crippen LogP contribution in [-0.4, -0.2) is 43.1 Å². The highest BCUT2D eigenvalue weighted by Crippen LogP contribution is 2.29. The second-order valence-electron chi connectivity index (χ2n) is 9.39. The van der Waals surface area contributed by atoms with E-state index in [9.17, 15) is 4.79 Å². The molecule has 1 aromatic carbocycles. The van der Waals surface area contributed by atoms with E-state index in [1.165, 1.54) is 0 Å². The molecule has 192 valence electrons. The van der Waals surface area contributed by atoms with E-state index in [0.29, 0.717) is 23.6 Å². The first kappa shape index (κ1) is 24.9. The number of nitrogens with zero attached hydrogens (tertiary/aromatic N) is 7. The van der Waals surface area contributed by atoms with Crippen molar-refractivity contribution in [2.75, 3.05) is 10.2 Å². The second-order valence-corrected chi connectivity index (χ2v) is 9.39. The summed E-state index contributed by atoms with van der Waals surface area (Å²) in [6.07, 6.45) is 8.54. The number of pyridine rings is 1. The highest BCUT2D eigenvalue weighted by atomic mass is 16.2. The minimum absolute atomic E-state index is 0.0173. The van der Waals surface area contributed by atoms with Gasteiger partial charge in [-0.1, -0.05) is 30.3 Å². The van der Waals surface area contributed by atoms with Crippen molar-refractivity contribution < 1.29 is 4.79 Å². The van der Waals surface area contributed by atoms with Crippen molar-refractivity contribution in [1.29, 1.82) is 5.26 Å². The van der Waals surface area contributed by atoms with Gasteiger partial charge in [0.1, 0.15) is 11.9 Å². The van der Waals surface area contributed by atoms with Crippen LogP contribution in [0, 0.1) is 11.3 Å². The summed E-state index contributed by atoms with van der Waals surface area (Å²) in [7, 11) is 1.85. The lowest BCUT2D eigenvalue weighted by molar-refractivity contribution is 0.240. The average molecular weight is 508 g/mol. The van der Waals surface area contributed by atoms with E-state index in [1.54, 1.807) is 28.0 Å². The highest BCUT2D eigenvalue weighted by molar-refractivity contribution is 5.91. The number of carbonyl (C=O) groups excluding carboxylic acids is 1. The molecule has 1 fully saturated rings. The molecule has 1 aliphatic rings. The number of nitrogens with one attached hydrogen (secondary N) is 2. The first-order valence-electron chi connectivity index (χ1n) is 12.7. The lowest BCUT2D eigenvalue weighted by Crippen LogP contribution is -2.49. The number of aryl methyl sites for hydroxylation is 1. The molecule has 2 N–H and O–H groups in total. The minimum atomic E-state index is -0.192. The molecular formula is C28H29N9O. The van der Waals surface area contributed by atoms with E-state index in [2.05, 4.69) is 37.0 Å². The molecule has 0 atom stereocenters. The maximum Gasteiger partial charge on any atom is 0.323 e. The fourth-order valence-electron chi connectivity index (χ4n) is 4.71. The fourth-order valence-corrected chi connectivity index (χ4v) is 4.71. The number of benzene rings is 1. The molecule has 5 rings (SSSR count). The van der Waals surface area contributed by atoms with Crippen molar-refractivity contribution in [2.45, 2.75) is 44.3 Å². The van der Waals surface area contributed by atoms with Crippen LogP contribution >= 0.6 is 0 Å². The van der Waals surface area contributed by atoms with Crippen molar-refractivity contribution in [3.63, 3.8) is 0 Å². The molecule has 0 aliphatic heterocycles. The van der Waals surface area contributed by atoms with E-state index in [-0.39, 0.29) is 18.1 Å². The molecule has 10 nitrogen and oxygen atoms in total. The van der Waals surface area contributed by atoms with Crippen molar-refractivity contribution in [3.05, 3.63) is 84.3 Å². The third-order valence-corrected chi connectivity index (χ3v) is 6.71. The van der Waals surface area contributed by atoms with Crippen LogP contribution in [-0.2, 0) is 13.6 Å². The summed E-state index contributed by atoms with van der Waals surface area (Å²) in [5, 5.41) is 28.5. The maximum absolute atomic E-state index is 13.5. The SMILES string of the molecule is Cn1cc(-c2ccc(N(C(=O)NCc3ccccc3)C3CCC(Nc4ccc(C#N)cn4)CC3)nn2)cn1. The molecule has 0 bridgehead atoms. The molecule has 0 unspecified atom stereocenters. The lowest BCUT2D eigenvalue weighted by Gasteiger charge is -2.36. The van der Waals surface area contributed by atoms with Crippen molar-refractivity contribution >= 4 is 17.7 Å². The Morgan fingerprint density at radius 3 is 2.50 bits per heavy atom. The van der Waals surface area contributed by atoms with Crippen LogP contribution in [0.15, 0.2) is 73.2 Å². The molecule has 38 heavy (non-hydrogen) atoms. The zero-order valence-electron chi connectivity index (χ0n) is 21.2. The standard InChI is InChI=1S/C28H29N9O/c1-36-19-22(18-32-36)25-12-14-27(35-34-25)37(28(38)31-16-20-5-3-2-4-6-20)24-10-8-23(9-11-24)33-26-13-7-21(15-29)17-30-26/h2-7,12-14,17-19,23-24H,8-11,16H2,1H3,(H,30,33)(H,31,38). The summed E-state index contributed by atoms with van der Waals surface area (Å²) in [6.45, 7) is 0.429. The van der Waals surface area contributed by atoms with Gasteiger partial charge in [0, 0.05) is 43.6 Å². The zero-order valence-corrected chi connectivity index (χ0v) is 21.2. The Balaban J connectivity index is 1.29. The minimum Gasteiger partial charge on any atom is -0.367 e. The molecule has 1 saturated carbocycles. The monoisotopic (exact) mass is 507 g/mol. The van der Waals surface area contributed by atoms with Crippen molar-refractivity contribution in [1.82, 2.24) is 30.3 Å². The molecule has 0 saturated heterocycles. The smallest absolute Gasteiger partial charge is 0.323 e. The zero-order chi connectivity index (χ0) is 26.3. The van der Waals surface area contributed by atoms with E-state index in [4.69, 9.17) is 5.26 Å². The number of nitriles is 1. The van der Waals surface area contributed by atoms with Crippen molar-refractivity contribution in [3.8, 4) is 17.3 Å². The van der Waals surface area contributed by atoms with Gasteiger partial charge in [-0.25, -0.2) is 9.78 Å². The van der Waals surface area contributed by atoms with E-state index < -0.39 is 0 Å². The van der Waals surface area contributed by atoms with Crippen molar-refractivity contribution in [2.24, 2.45) is 7.05 Å². The number of hydrogen-bond donors (Lipinski definition) is 2. The van der Waals surface area contributed by atoms with Gasteiger partial charge < -0.3 is 10.6 Å². The van der Waals surface area contributed by atoms with Crippen LogP contribution in [0.5, 0.6) is 0 Å². The molecule has 0 spiro atoms. The molecule has 3 aromatic heterocycles. The Kier molecular flexibility index (Phi) is 7.54. The van der Waals surface area contributed by atoms with Gasteiger partial charge in [0.15, 0.2) is 5.82 Å². The Morgan fingerprint density at radius 2 is 1.87 bits per heavy atom. The summed E-state index contributed by atoms with van der Waals surface area (Å²) in [5.74, 6) is 1.27. The number of hydrogen-bond acceptors (Lipinski definition) is 7. The molecule has 1 aliphatic carbocycles. The summed E-state index contributed by atoms with van der Waals surface area (Å²) in [6, 6.07) is 19.3. The largest absolute Gasteiger partial charge is 0.367 e. The van der Waals surface area contributed by atoms with Gasteiger partial charge >= 0.3 is 6.03 Å². The predicted octanol–water partition coefficient (Wildman–Crippen LogP) is 4.28. The van der Waals surface area contributed by atoms with Gasteiger partial charge in [-0.15, -0.1) is 10.2 Å². The number of rotatable bonds is 7. The van der Waals surface area contributed by atoms with Gasteiger partial charge in [0.25, 0.3) is 0 Å². The summed E-state index contributed by atoms with van der Waals surface area (Å²) in [4.78, 5) is 19.6. The fraction of sp³-hybridized carbons (Fsp3) is 0.286. The van der Waals surface area contributed by atoms with Gasteiger partial charge in [0.05, 0.1) is 17.5 Å². The van der Waals surface area contributed by atoms with Gasteiger partial charge in [0.2, 0.25) is 0 Å². The summed E-state index contributed by atoms with van der Waals surface area (Å²) < 4.78 is 1.72. The first-order chi connectivity index (χ1) is 18.6. The van der Waals surface area contributed by atoms with Crippen LogP contribution in [0.3, 0.4) is 0 Å². The van der Waals surface area contributed by atoms with Crippen LogP contribution < -0.4 is 15.5 Å². The lowest BCUT2D eigenvalue weighted by atomic mass is 9.90. The number of amides is 2. The third-order valence-electron chi connectivity index (χ3n) is 6.71. The highest BCUT2D eigenvalue weighted by Gasteiger charge is 2.31. The molecule has 2 amide bonds. The Hall–Kier alpha value is -4.78. The average Bonchev–Trinajstić information content (AvgIpc) is 3.40. The quantitative estimate of drug-likeness (QED) is 0.382. The van der Waals surface area contributed by atoms with Crippen LogP contribution in [0.25, 0.3) is 11.3 Å². The molecule has 0 radical (unpaired) electrons. The molecule has 4 aromatic rings. The second kappa shape index (κ2) is 11.5. The third kappa shape index (κ3) is 5.95. The Morgan fingerprint density at radius 1 is 1.05 bits per heavy atom. The van der Waals surface area contributed by atoms with Gasteiger partial charge in [-0.3, -0.25) is 9.58 Å². The van der Waals surface area contributed by atoms with E-state index in [0.717, 1.165) is 42.6 Å². The van der Waals surface area contributed by atoms with E-state index in [1.807, 2.05) is 61.8 Å². The Bertz CT molecular complexity index is 1390. The predicted molar refractivity (Wildman–Crippen MR) is 144 cm³/mol. The molecule has 10 heteroatoms. The van der Waals surface area contributed by atoms with Crippen LogP contribution in [0.1, 0.15) is 36.8 Å². The molecular weight excluding hydrogens is 478 g/mol. The van der Waals surface area contributed by atoms with Gasteiger partial charge in [-0.2, -0.15) is 10.4 Å². The van der Waals surface area contributed by atoms with E-state index >= 15 is 0 Å². The molecule has 3 heterocycles. The number of urea groups is 1. The normalized spacial score (nSPS) is 16.8. The number of aromatic nitrogens is 5. The van der Waals surface area contributed by atoms with Crippen LogP contribution in [0.4, 0.5) is 16.4 Å². The van der Waals surface area contributed by atoms with Crippen LogP contribution in [0.2, 0.25) is 0 Å². The maximum atomic E-state index is 13.5. The van der Waals surface area contributed by atoms with Gasteiger partial charge in [-0.05, 0) is 55.5 Å². The first-order valence-corrected chi connectivity index (χ1v) is 12.7. The number of carbonyl (C=O) groups is 1. The summed E-state index contributed by atoms with van der Waals surface area (Å²) >= 11 is 0. The summed E-state index contributed by atoms with van der Waals surface area (Å²) in [5.41, 5.74) is 3.14. The topological polar surface area (TPSA) is 125 Å². The Labute approximate surface area is 221 Å².